The predicted octanol–water partition coefficient (Wildman–Crippen LogP) is 2.64. The molecule has 0 spiro atoms. The standard InChI is InChI=1S/C15H22N2O3S/c1-3-21-10-9-11(2)16-15(20)17-13(14(18)19)12-7-5-4-6-8-12/h4-8,11,13H,3,9-10H2,1-2H3,(H,18,19)(H2,16,17,20)/t11?,13-/m1/s1. The molecular weight excluding hydrogens is 288 g/mol. The van der Waals surface area contributed by atoms with Crippen LogP contribution < -0.4 is 10.6 Å². The van der Waals surface area contributed by atoms with Crippen molar-refractivity contribution in [3.8, 4) is 0 Å². The lowest BCUT2D eigenvalue weighted by molar-refractivity contribution is -0.139. The molecule has 0 saturated carbocycles. The van der Waals surface area contributed by atoms with Crippen LogP contribution in [-0.4, -0.2) is 34.7 Å². The van der Waals surface area contributed by atoms with E-state index in [2.05, 4.69) is 17.6 Å². The molecule has 3 N–H and O–H groups in total. The van der Waals surface area contributed by atoms with Crippen LogP contribution in [0.4, 0.5) is 4.79 Å². The minimum atomic E-state index is -1.08. The van der Waals surface area contributed by atoms with E-state index in [0.29, 0.717) is 5.56 Å². The van der Waals surface area contributed by atoms with Gasteiger partial charge in [0.25, 0.3) is 0 Å². The number of urea groups is 1. The molecule has 2 amide bonds. The van der Waals surface area contributed by atoms with Crippen molar-refractivity contribution in [3.63, 3.8) is 0 Å². The van der Waals surface area contributed by atoms with Crippen molar-refractivity contribution in [2.45, 2.75) is 32.4 Å². The fourth-order valence-corrected chi connectivity index (χ4v) is 2.62. The summed E-state index contributed by atoms with van der Waals surface area (Å²) in [5.41, 5.74) is 0.550. The maximum Gasteiger partial charge on any atom is 0.330 e. The summed E-state index contributed by atoms with van der Waals surface area (Å²) >= 11 is 1.81. The van der Waals surface area contributed by atoms with E-state index in [4.69, 9.17) is 0 Å². The van der Waals surface area contributed by atoms with E-state index in [0.717, 1.165) is 17.9 Å². The number of carbonyl (C=O) groups is 2. The van der Waals surface area contributed by atoms with Crippen molar-refractivity contribution in [2.24, 2.45) is 0 Å². The molecule has 0 radical (unpaired) electrons. The van der Waals surface area contributed by atoms with Gasteiger partial charge in [-0.25, -0.2) is 9.59 Å². The van der Waals surface area contributed by atoms with E-state index in [1.165, 1.54) is 0 Å². The van der Waals surface area contributed by atoms with Crippen LogP contribution >= 0.6 is 11.8 Å². The zero-order valence-corrected chi connectivity index (χ0v) is 13.2. The number of aliphatic carboxylic acids is 1. The molecule has 116 valence electrons. The van der Waals surface area contributed by atoms with Gasteiger partial charge in [-0.05, 0) is 30.4 Å². The van der Waals surface area contributed by atoms with Gasteiger partial charge in [0, 0.05) is 6.04 Å². The van der Waals surface area contributed by atoms with Crippen LogP contribution in [0.5, 0.6) is 0 Å². The number of benzene rings is 1. The Kier molecular flexibility index (Phi) is 7.68. The summed E-state index contributed by atoms with van der Waals surface area (Å²) in [6.45, 7) is 4.00. The quantitative estimate of drug-likeness (QED) is 0.645. The van der Waals surface area contributed by atoms with Crippen molar-refractivity contribution >= 4 is 23.8 Å². The van der Waals surface area contributed by atoms with Crippen LogP contribution in [0.1, 0.15) is 31.9 Å². The highest BCUT2D eigenvalue weighted by atomic mass is 32.2. The van der Waals surface area contributed by atoms with Crippen LogP contribution in [0.15, 0.2) is 30.3 Å². The summed E-state index contributed by atoms with van der Waals surface area (Å²) in [4.78, 5) is 23.2. The first-order chi connectivity index (χ1) is 10.0. The van der Waals surface area contributed by atoms with Gasteiger partial charge in [0.2, 0.25) is 0 Å². The Hall–Kier alpha value is -1.69. The predicted molar refractivity (Wildman–Crippen MR) is 85.6 cm³/mol. The van der Waals surface area contributed by atoms with Gasteiger partial charge in [-0.2, -0.15) is 11.8 Å². The van der Waals surface area contributed by atoms with Gasteiger partial charge in [0.05, 0.1) is 0 Å². The first kappa shape index (κ1) is 17.4. The minimum absolute atomic E-state index is 0.00858. The molecule has 0 bridgehead atoms. The molecule has 1 aromatic carbocycles. The van der Waals surface area contributed by atoms with Crippen molar-refractivity contribution in [1.29, 1.82) is 0 Å². The van der Waals surface area contributed by atoms with Crippen molar-refractivity contribution in [2.75, 3.05) is 11.5 Å². The topological polar surface area (TPSA) is 78.4 Å². The van der Waals surface area contributed by atoms with Crippen LogP contribution in [-0.2, 0) is 4.79 Å². The van der Waals surface area contributed by atoms with Gasteiger partial charge in [-0.3, -0.25) is 0 Å². The van der Waals surface area contributed by atoms with Gasteiger partial charge in [0.15, 0.2) is 6.04 Å². The van der Waals surface area contributed by atoms with E-state index in [1.807, 2.05) is 18.7 Å². The number of carboxylic acid groups (broad SMARTS) is 1. The minimum Gasteiger partial charge on any atom is -0.479 e. The Morgan fingerprint density at radius 1 is 1.24 bits per heavy atom. The number of rotatable bonds is 8. The average Bonchev–Trinajstić information content (AvgIpc) is 2.45. The van der Waals surface area contributed by atoms with Gasteiger partial charge in [0.1, 0.15) is 0 Å². The number of nitrogens with one attached hydrogen (secondary N) is 2. The van der Waals surface area contributed by atoms with Crippen molar-refractivity contribution in [3.05, 3.63) is 35.9 Å². The third-order valence-electron chi connectivity index (χ3n) is 2.93. The third kappa shape index (κ3) is 6.53. The lowest BCUT2D eigenvalue weighted by Gasteiger charge is -2.18. The highest BCUT2D eigenvalue weighted by molar-refractivity contribution is 7.99. The number of amides is 2. The van der Waals surface area contributed by atoms with Gasteiger partial charge in [-0.15, -0.1) is 0 Å². The van der Waals surface area contributed by atoms with Gasteiger partial charge >= 0.3 is 12.0 Å². The Balaban J connectivity index is 2.52. The maximum absolute atomic E-state index is 11.9. The van der Waals surface area contributed by atoms with Gasteiger partial charge < -0.3 is 15.7 Å². The van der Waals surface area contributed by atoms with E-state index in [-0.39, 0.29) is 6.04 Å². The molecule has 21 heavy (non-hydrogen) atoms. The number of carbonyl (C=O) groups excluding carboxylic acids is 1. The SMILES string of the molecule is CCSCCC(C)NC(=O)N[C@@H](C(=O)O)c1ccccc1. The normalized spacial score (nSPS) is 13.2. The number of thioether (sulfide) groups is 1. The summed E-state index contributed by atoms with van der Waals surface area (Å²) in [6.07, 6.45) is 0.856. The second-order valence-corrected chi connectivity index (χ2v) is 6.08. The molecule has 0 aliphatic heterocycles. The summed E-state index contributed by atoms with van der Waals surface area (Å²) in [6, 6.07) is 7.17. The smallest absolute Gasteiger partial charge is 0.330 e. The molecular formula is C15H22N2O3S. The first-order valence-electron chi connectivity index (χ1n) is 6.97. The number of hydrogen-bond acceptors (Lipinski definition) is 3. The summed E-state index contributed by atoms with van der Waals surface area (Å²) in [7, 11) is 0. The van der Waals surface area contributed by atoms with E-state index in [1.54, 1.807) is 30.3 Å². The molecule has 0 aliphatic rings. The van der Waals surface area contributed by atoms with Crippen molar-refractivity contribution in [1.82, 2.24) is 10.6 Å². The van der Waals surface area contributed by atoms with Gasteiger partial charge in [-0.1, -0.05) is 37.3 Å². The summed E-state index contributed by atoms with van der Waals surface area (Å²) < 4.78 is 0. The van der Waals surface area contributed by atoms with Crippen LogP contribution in [0, 0.1) is 0 Å². The summed E-state index contributed by atoms with van der Waals surface area (Å²) in [5, 5.41) is 14.5. The lowest BCUT2D eigenvalue weighted by atomic mass is 10.1. The van der Waals surface area contributed by atoms with E-state index >= 15 is 0 Å². The molecule has 6 heteroatoms. The molecule has 1 rings (SSSR count). The molecule has 0 fully saturated rings. The Morgan fingerprint density at radius 3 is 2.48 bits per heavy atom. The highest BCUT2D eigenvalue weighted by Crippen LogP contribution is 2.12. The molecule has 5 nitrogen and oxygen atoms in total. The lowest BCUT2D eigenvalue weighted by Crippen LogP contribution is -2.44. The maximum atomic E-state index is 11.9. The van der Waals surface area contributed by atoms with Crippen LogP contribution in [0.3, 0.4) is 0 Å². The Bertz CT molecular complexity index is 453. The Morgan fingerprint density at radius 2 is 1.90 bits per heavy atom. The van der Waals surface area contributed by atoms with Crippen LogP contribution in [0.2, 0.25) is 0 Å². The molecule has 0 heterocycles. The second kappa shape index (κ2) is 9.28. The van der Waals surface area contributed by atoms with Crippen molar-refractivity contribution < 1.29 is 14.7 Å². The van der Waals surface area contributed by atoms with Crippen LogP contribution in [0.25, 0.3) is 0 Å². The molecule has 2 atom stereocenters. The molecule has 0 saturated heterocycles. The number of carboxylic acids is 1. The zero-order valence-electron chi connectivity index (χ0n) is 12.3. The summed E-state index contributed by atoms with van der Waals surface area (Å²) in [5.74, 6) is 0.943. The highest BCUT2D eigenvalue weighted by Gasteiger charge is 2.22. The molecule has 0 aliphatic carbocycles. The van der Waals surface area contributed by atoms with E-state index in [9.17, 15) is 14.7 Å². The molecule has 0 aromatic heterocycles. The zero-order chi connectivity index (χ0) is 15.7. The fraction of sp³-hybridized carbons (Fsp3) is 0.467. The molecule has 1 aromatic rings. The number of hydrogen-bond donors (Lipinski definition) is 3. The third-order valence-corrected chi connectivity index (χ3v) is 3.86. The monoisotopic (exact) mass is 310 g/mol. The molecule has 1 unspecified atom stereocenters. The first-order valence-corrected chi connectivity index (χ1v) is 8.12. The Labute approximate surface area is 129 Å². The van der Waals surface area contributed by atoms with E-state index < -0.39 is 18.0 Å². The largest absolute Gasteiger partial charge is 0.479 e. The fourth-order valence-electron chi connectivity index (χ4n) is 1.81. The average molecular weight is 310 g/mol. The second-order valence-electron chi connectivity index (χ2n) is 4.69.